The summed E-state index contributed by atoms with van der Waals surface area (Å²) in [7, 11) is 1.54. The maximum Gasteiger partial charge on any atom is 0.242 e. The van der Waals surface area contributed by atoms with Gasteiger partial charge in [0.05, 0.1) is 7.11 Å². The summed E-state index contributed by atoms with van der Waals surface area (Å²) in [5.41, 5.74) is 0. The molecule has 0 bridgehead atoms. The van der Waals surface area contributed by atoms with Crippen molar-refractivity contribution >= 4 is 11.7 Å². The third-order valence-electron chi connectivity index (χ3n) is 2.33. The van der Waals surface area contributed by atoms with E-state index in [9.17, 15) is 4.79 Å². The molecule has 0 saturated heterocycles. The molecule has 2 N–H and O–H groups in total. The molecule has 0 spiro atoms. The van der Waals surface area contributed by atoms with Gasteiger partial charge in [-0.3, -0.25) is 4.79 Å². The van der Waals surface area contributed by atoms with E-state index in [0.29, 0.717) is 24.1 Å². The fraction of sp³-hybridized carbons (Fsp3) is 0.583. The molecule has 6 nitrogen and oxygen atoms in total. The van der Waals surface area contributed by atoms with Gasteiger partial charge in [0.25, 0.3) is 0 Å². The fourth-order valence-electron chi connectivity index (χ4n) is 1.41. The Morgan fingerprint density at radius 3 is 2.83 bits per heavy atom. The van der Waals surface area contributed by atoms with Gasteiger partial charge < -0.3 is 15.4 Å². The molecule has 100 valence electrons. The molecule has 0 aromatic carbocycles. The Kier molecular flexibility index (Phi) is 5.35. The van der Waals surface area contributed by atoms with Gasteiger partial charge in [-0.2, -0.15) is 4.98 Å². The van der Waals surface area contributed by atoms with Crippen LogP contribution in [0.3, 0.4) is 0 Å². The van der Waals surface area contributed by atoms with Crippen LogP contribution in [0.25, 0.3) is 0 Å². The molecule has 1 heterocycles. The van der Waals surface area contributed by atoms with Crippen LogP contribution < -0.4 is 15.4 Å². The number of amides is 1. The molecule has 1 unspecified atom stereocenters. The second kappa shape index (κ2) is 6.78. The number of ether oxygens (including phenoxy) is 1. The number of hydrogen-bond acceptors (Lipinski definition) is 5. The molecular weight excluding hydrogens is 232 g/mol. The highest BCUT2D eigenvalue weighted by molar-refractivity contribution is 5.83. The molecule has 1 atom stereocenters. The molecule has 1 aromatic heterocycles. The Morgan fingerprint density at radius 1 is 1.50 bits per heavy atom. The summed E-state index contributed by atoms with van der Waals surface area (Å²) in [6.45, 7) is 6.25. The number of carbonyl (C=O) groups excluding carboxylic acids is 1. The third kappa shape index (κ3) is 4.20. The average molecular weight is 252 g/mol. The second-order valence-corrected chi connectivity index (χ2v) is 4.00. The lowest BCUT2D eigenvalue weighted by Crippen LogP contribution is -2.38. The van der Waals surface area contributed by atoms with Crippen LogP contribution >= 0.6 is 0 Å². The zero-order chi connectivity index (χ0) is 13.5. The van der Waals surface area contributed by atoms with Crippen LogP contribution in [0.2, 0.25) is 0 Å². The molecule has 1 rings (SSSR count). The lowest BCUT2D eigenvalue weighted by atomic mass is 10.3. The van der Waals surface area contributed by atoms with Crippen LogP contribution in [0.15, 0.2) is 6.07 Å². The summed E-state index contributed by atoms with van der Waals surface area (Å²) in [5, 5.41) is 5.84. The summed E-state index contributed by atoms with van der Waals surface area (Å²) < 4.78 is 5.05. The van der Waals surface area contributed by atoms with Crippen molar-refractivity contribution in [3.63, 3.8) is 0 Å². The Morgan fingerprint density at radius 2 is 2.22 bits per heavy atom. The quantitative estimate of drug-likeness (QED) is 0.793. The molecule has 0 saturated carbocycles. The Hall–Kier alpha value is -1.85. The third-order valence-corrected chi connectivity index (χ3v) is 2.33. The monoisotopic (exact) mass is 252 g/mol. The summed E-state index contributed by atoms with van der Waals surface area (Å²) in [6, 6.07) is 1.31. The van der Waals surface area contributed by atoms with Gasteiger partial charge in [-0.05, 0) is 20.3 Å². The SMILES string of the molecule is CCCNC(=O)C(C)Nc1cc(OC)nc(C)n1. The predicted octanol–water partition coefficient (Wildman–Crippen LogP) is 1.12. The number of methoxy groups -OCH3 is 1. The highest BCUT2D eigenvalue weighted by Crippen LogP contribution is 2.13. The van der Waals surface area contributed by atoms with Crippen molar-refractivity contribution in [1.82, 2.24) is 15.3 Å². The second-order valence-electron chi connectivity index (χ2n) is 4.00. The van der Waals surface area contributed by atoms with Gasteiger partial charge in [0, 0.05) is 12.6 Å². The van der Waals surface area contributed by atoms with E-state index in [1.165, 1.54) is 0 Å². The topological polar surface area (TPSA) is 76.1 Å². The average Bonchev–Trinajstić information content (AvgIpc) is 2.34. The van der Waals surface area contributed by atoms with Crippen LogP contribution in [-0.4, -0.2) is 35.6 Å². The maximum atomic E-state index is 11.7. The molecule has 1 amide bonds. The number of hydrogen-bond donors (Lipinski definition) is 2. The first kappa shape index (κ1) is 14.2. The van der Waals surface area contributed by atoms with Gasteiger partial charge in [-0.15, -0.1) is 0 Å². The molecular formula is C12H20N4O2. The van der Waals surface area contributed by atoms with Gasteiger partial charge in [0.2, 0.25) is 11.8 Å². The fourth-order valence-corrected chi connectivity index (χ4v) is 1.41. The highest BCUT2D eigenvalue weighted by Gasteiger charge is 2.13. The minimum absolute atomic E-state index is 0.0490. The van der Waals surface area contributed by atoms with Gasteiger partial charge in [-0.25, -0.2) is 4.98 Å². The van der Waals surface area contributed by atoms with Crippen LogP contribution in [0.5, 0.6) is 5.88 Å². The lowest BCUT2D eigenvalue weighted by molar-refractivity contribution is -0.121. The van der Waals surface area contributed by atoms with Crippen molar-refractivity contribution in [2.45, 2.75) is 33.2 Å². The maximum absolute atomic E-state index is 11.7. The molecule has 0 radical (unpaired) electrons. The summed E-state index contributed by atoms with van der Waals surface area (Å²) >= 11 is 0. The van der Waals surface area contributed by atoms with Crippen molar-refractivity contribution in [2.75, 3.05) is 19.0 Å². The number of aromatic nitrogens is 2. The van der Waals surface area contributed by atoms with Crippen molar-refractivity contribution in [1.29, 1.82) is 0 Å². The standard InChI is InChI=1S/C12H20N4O2/c1-5-6-13-12(17)8(2)14-10-7-11(18-4)16-9(3)15-10/h7-8H,5-6H2,1-4H3,(H,13,17)(H,14,15,16). The van der Waals surface area contributed by atoms with Gasteiger partial charge in [0.1, 0.15) is 17.7 Å². The van der Waals surface area contributed by atoms with Crippen LogP contribution in [0.1, 0.15) is 26.1 Å². The molecule has 18 heavy (non-hydrogen) atoms. The molecule has 0 fully saturated rings. The largest absolute Gasteiger partial charge is 0.481 e. The molecule has 1 aromatic rings. The minimum Gasteiger partial charge on any atom is -0.481 e. The molecule has 0 aliphatic carbocycles. The zero-order valence-corrected chi connectivity index (χ0v) is 11.3. The van der Waals surface area contributed by atoms with E-state index < -0.39 is 0 Å². The van der Waals surface area contributed by atoms with E-state index in [1.807, 2.05) is 6.92 Å². The van der Waals surface area contributed by atoms with Crippen molar-refractivity contribution < 1.29 is 9.53 Å². The van der Waals surface area contributed by atoms with E-state index in [-0.39, 0.29) is 11.9 Å². The van der Waals surface area contributed by atoms with E-state index in [2.05, 4.69) is 20.6 Å². The first-order chi connectivity index (χ1) is 8.56. The Labute approximate surface area is 107 Å². The van der Waals surface area contributed by atoms with E-state index >= 15 is 0 Å². The van der Waals surface area contributed by atoms with Crippen molar-refractivity contribution in [3.05, 3.63) is 11.9 Å². The first-order valence-corrected chi connectivity index (χ1v) is 6.00. The number of rotatable bonds is 6. The van der Waals surface area contributed by atoms with Gasteiger partial charge >= 0.3 is 0 Å². The normalized spacial score (nSPS) is 11.8. The molecule has 0 aliphatic rings. The minimum atomic E-state index is -0.351. The van der Waals surface area contributed by atoms with Gasteiger partial charge in [-0.1, -0.05) is 6.92 Å². The number of nitrogens with zero attached hydrogens (tertiary/aromatic N) is 2. The Balaban J connectivity index is 2.66. The van der Waals surface area contributed by atoms with E-state index in [4.69, 9.17) is 4.74 Å². The number of nitrogens with one attached hydrogen (secondary N) is 2. The van der Waals surface area contributed by atoms with Crippen LogP contribution in [0, 0.1) is 6.92 Å². The smallest absolute Gasteiger partial charge is 0.242 e. The van der Waals surface area contributed by atoms with Crippen molar-refractivity contribution in [2.24, 2.45) is 0 Å². The first-order valence-electron chi connectivity index (χ1n) is 6.00. The number of aryl methyl sites for hydroxylation is 1. The van der Waals surface area contributed by atoms with E-state index in [1.54, 1.807) is 27.0 Å². The lowest BCUT2D eigenvalue weighted by Gasteiger charge is -2.14. The highest BCUT2D eigenvalue weighted by atomic mass is 16.5. The summed E-state index contributed by atoms with van der Waals surface area (Å²) in [6.07, 6.45) is 0.916. The summed E-state index contributed by atoms with van der Waals surface area (Å²) in [5.74, 6) is 1.61. The number of carbonyl (C=O) groups is 1. The predicted molar refractivity (Wildman–Crippen MR) is 69.7 cm³/mol. The molecule has 0 aliphatic heterocycles. The van der Waals surface area contributed by atoms with E-state index in [0.717, 1.165) is 6.42 Å². The zero-order valence-electron chi connectivity index (χ0n) is 11.3. The van der Waals surface area contributed by atoms with Gasteiger partial charge in [0.15, 0.2) is 0 Å². The van der Waals surface area contributed by atoms with Crippen molar-refractivity contribution in [3.8, 4) is 5.88 Å². The van der Waals surface area contributed by atoms with Crippen LogP contribution in [0.4, 0.5) is 5.82 Å². The van der Waals surface area contributed by atoms with Crippen LogP contribution in [-0.2, 0) is 4.79 Å². The molecule has 6 heteroatoms. The Bertz CT molecular complexity index is 409. The number of anilines is 1. The summed E-state index contributed by atoms with van der Waals surface area (Å²) in [4.78, 5) is 20.0.